The number of fused-ring (bicyclic) bond motifs is 3. The Hall–Kier alpha value is -3.71. The van der Waals surface area contributed by atoms with Crippen LogP contribution in [0.3, 0.4) is 0 Å². The molecule has 162 valence electrons. The highest BCUT2D eigenvalue weighted by Gasteiger charge is 2.28. The van der Waals surface area contributed by atoms with Gasteiger partial charge < -0.3 is 15.8 Å². The Morgan fingerprint density at radius 1 is 1.03 bits per heavy atom. The van der Waals surface area contributed by atoms with E-state index in [1.54, 1.807) is 0 Å². The summed E-state index contributed by atoms with van der Waals surface area (Å²) in [5.74, 6) is 6.68. The molecule has 0 radical (unpaired) electrons. The van der Waals surface area contributed by atoms with E-state index in [9.17, 15) is 4.79 Å². The Bertz CT molecular complexity index is 1140. The quantitative estimate of drug-likeness (QED) is 0.315. The number of amides is 1. The molecule has 4 rings (SSSR count). The van der Waals surface area contributed by atoms with Gasteiger partial charge in [0.25, 0.3) is 0 Å². The molecular formula is C28H28N2O2. The van der Waals surface area contributed by atoms with Crippen LogP contribution in [0.5, 0.6) is 0 Å². The molecule has 0 aliphatic heterocycles. The highest BCUT2D eigenvalue weighted by atomic mass is 16.5. The minimum Gasteiger partial charge on any atom is -0.449 e. The summed E-state index contributed by atoms with van der Waals surface area (Å²) in [4.78, 5) is 12.2. The fourth-order valence-electron chi connectivity index (χ4n) is 4.08. The highest BCUT2D eigenvalue weighted by Crippen LogP contribution is 2.44. The summed E-state index contributed by atoms with van der Waals surface area (Å²) in [6.45, 7) is 5.01. The van der Waals surface area contributed by atoms with Crippen molar-refractivity contribution >= 4 is 11.8 Å². The summed E-state index contributed by atoms with van der Waals surface area (Å²) in [5, 5.41) is 2.79. The maximum absolute atomic E-state index is 12.2. The number of anilines is 1. The van der Waals surface area contributed by atoms with Gasteiger partial charge in [-0.05, 0) is 45.9 Å². The van der Waals surface area contributed by atoms with Crippen LogP contribution in [0.4, 0.5) is 10.5 Å². The van der Waals surface area contributed by atoms with Gasteiger partial charge in [0.2, 0.25) is 0 Å². The van der Waals surface area contributed by atoms with E-state index in [-0.39, 0.29) is 5.92 Å². The number of hydrogen-bond donors (Lipinski definition) is 2. The number of alkyl carbamates (subject to hydrolysis) is 1. The summed E-state index contributed by atoms with van der Waals surface area (Å²) in [6.07, 6.45) is 0.102. The Labute approximate surface area is 189 Å². The second kappa shape index (κ2) is 9.62. The molecule has 1 aliphatic carbocycles. The first-order valence-corrected chi connectivity index (χ1v) is 11.0. The lowest BCUT2D eigenvalue weighted by atomic mass is 9.98. The smallest absolute Gasteiger partial charge is 0.407 e. The Morgan fingerprint density at radius 3 is 2.34 bits per heavy atom. The van der Waals surface area contributed by atoms with E-state index in [2.05, 4.69) is 55.3 Å². The summed E-state index contributed by atoms with van der Waals surface area (Å²) >= 11 is 0. The van der Waals surface area contributed by atoms with Crippen LogP contribution in [-0.4, -0.2) is 19.2 Å². The van der Waals surface area contributed by atoms with Crippen LogP contribution >= 0.6 is 0 Å². The van der Waals surface area contributed by atoms with E-state index < -0.39 is 6.09 Å². The standard InChI is InChI=1S/C28H28N2O2/c1-19(2)20-14-15-27(29)21(17-20)9-7-8-16-30-28(31)32-18-26-24-12-5-3-10-22(24)23-11-4-6-13-25(23)26/h3-6,10-15,17,19,26H,8,16,18,29H2,1-2H3,(H,30,31). The van der Waals surface area contributed by atoms with Crippen molar-refractivity contribution in [3.8, 4) is 23.0 Å². The van der Waals surface area contributed by atoms with Gasteiger partial charge in [-0.3, -0.25) is 0 Å². The molecule has 0 spiro atoms. The second-order valence-corrected chi connectivity index (χ2v) is 8.31. The number of benzene rings is 3. The molecule has 0 bridgehead atoms. The Morgan fingerprint density at radius 2 is 1.69 bits per heavy atom. The number of carbonyl (C=O) groups is 1. The van der Waals surface area contributed by atoms with E-state index in [1.807, 2.05) is 42.5 Å². The third-order valence-electron chi connectivity index (χ3n) is 5.83. The topological polar surface area (TPSA) is 64.3 Å². The first-order valence-electron chi connectivity index (χ1n) is 11.0. The summed E-state index contributed by atoms with van der Waals surface area (Å²) in [5.41, 5.74) is 13.6. The number of rotatable bonds is 5. The molecule has 4 heteroatoms. The number of nitrogen functional groups attached to an aromatic ring is 1. The molecule has 3 aromatic rings. The zero-order valence-electron chi connectivity index (χ0n) is 18.5. The lowest BCUT2D eigenvalue weighted by Gasteiger charge is -2.14. The third-order valence-corrected chi connectivity index (χ3v) is 5.83. The maximum Gasteiger partial charge on any atom is 0.407 e. The molecule has 3 aromatic carbocycles. The number of ether oxygens (including phenoxy) is 1. The highest BCUT2D eigenvalue weighted by molar-refractivity contribution is 5.79. The summed E-state index contributed by atoms with van der Waals surface area (Å²) in [6, 6.07) is 22.6. The van der Waals surface area contributed by atoms with Crippen molar-refractivity contribution in [3.63, 3.8) is 0 Å². The molecule has 0 heterocycles. The van der Waals surface area contributed by atoms with E-state index in [4.69, 9.17) is 10.5 Å². The lowest BCUT2D eigenvalue weighted by Crippen LogP contribution is -2.26. The molecule has 3 N–H and O–H groups in total. The lowest BCUT2D eigenvalue weighted by molar-refractivity contribution is 0.143. The van der Waals surface area contributed by atoms with Crippen LogP contribution in [0.15, 0.2) is 66.7 Å². The molecule has 1 amide bonds. The summed E-state index contributed by atoms with van der Waals surface area (Å²) in [7, 11) is 0. The Kier molecular flexibility index (Phi) is 6.47. The van der Waals surface area contributed by atoms with E-state index in [0.717, 1.165) is 5.56 Å². The van der Waals surface area contributed by atoms with Gasteiger partial charge in [0.15, 0.2) is 0 Å². The third kappa shape index (κ3) is 4.63. The number of nitrogens with one attached hydrogen (secondary N) is 1. The van der Waals surface area contributed by atoms with Gasteiger partial charge in [-0.2, -0.15) is 0 Å². The van der Waals surface area contributed by atoms with E-state index >= 15 is 0 Å². The minimum atomic E-state index is -0.421. The van der Waals surface area contributed by atoms with Gasteiger partial charge in [-0.15, -0.1) is 0 Å². The number of carbonyl (C=O) groups excluding carboxylic acids is 1. The fraction of sp³-hybridized carbons (Fsp3) is 0.250. The molecule has 32 heavy (non-hydrogen) atoms. The molecule has 0 fully saturated rings. The van der Waals surface area contributed by atoms with Crippen molar-refractivity contribution in [2.75, 3.05) is 18.9 Å². The van der Waals surface area contributed by atoms with Crippen molar-refractivity contribution in [2.24, 2.45) is 0 Å². The second-order valence-electron chi connectivity index (χ2n) is 8.31. The van der Waals surface area contributed by atoms with Crippen molar-refractivity contribution in [1.82, 2.24) is 5.32 Å². The van der Waals surface area contributed by atoms with Gasteiger partial charge in [-0.1, -0.05) is 80.3 Å². The molecule has 1 aliphatic rings. The largest absolute Gasteiger partial charge is 0.449 e. The zero-order chi connectivity index (χ0) is 22.5. The van der Waals surface area contributed by atoms with Crippen LogP contribution < -0.4 is 11.1 Å². The van der Waals surface area contributed by atoms with Gasteiger partial charge in [0, 0.05) is 30.1 Å². The molecule has 0 saturated carbocycles. The monoisotopic (exact) mass is 424 g/mol. The van der Waals surface area contributed by atoms with Crippen LogP contribution in [-0.2, 0) is 4.74 Å². The Balaban J connectivity index is 1.29. The van der Waals surface area contributed by atoms with Crippen LogP contribution in [0.1, 0.15) is 54.4 Å². The van der Waals surface area contributed by atoms with Crippen molar-refractivity contribution in [1.29, 1.82) is 0 Å². The first-order chi connectivity index (χ1) is 15.5. The predicted octanol–water partition coefficient (Wildman–Crippen LogP) is 5.67. The molecule has 0 saturated heterocycles. The van der Waals surface area contributed by atoms with Crippen molar-refractivity contribution < 1.29 is 9.53 Å². The predicted molar refractivity (Wildman–Crippen MR) is 130 cm³/mol. The van der Waals surface area contributed by atoms with Gasteiger partial charge in [-0.25, -0.2) is 4.79 Å². The molecule has 4 nitrogen and oxygen atoms in total. The van der Waals surface area contributed by atoms with Crippen LogP contribution in [0, 0.1) is 11.8 Å². The number of nitrogens with two attached hydrogens (primary N) is 1. The van der Waals surface area contributed by atoms with Crippen molar-refractivity contribution in [2.45, 2.75) is 32.1 Å². The van der Waals surface area contributed by atoms with E-state index in [0.29, 0.717) is 31.2 Å². The normalized spacial score (nSPS) is 12.0. The first kappa shape index (κ1) is 21.5. The molecule has 0 aromatic heterocycles. The van der Waals surface area contributed by atoms with Crippen LogP contribution in [0.2, 0.25) is 0 Å². The maximum atomic E-state index is 12.2. The van der Waals surface area contributed by atoms with Gasteiger partial charge in [0.1, 0.15) is 6.61 Å². The zero-order valence-corrected chi connectivity index (χ0v) is 18.5. The SMILES string of the molecule is CC(C)c1ccc(N)c(C#CCCNC(=O)OCC2c3ccccc3-c3ccccc32)c1. The fourth-order valence-corrected chi connectivity index (χ4v) is 4.08. The van der Waals surface area contributed by atoms with Gasteiger partial charge >= 0.3 is 6.09 Å². The number of hydrogen-bond acceptors (Lipinski definition) is 3. The average Bonchev–Trinajstić information content (AvgIpc) is 3.12. The van der Waals surface area contributed by atoms with Crippen LogP contribution in [0.25, 0.3) is 11.1 Å². The van der Waals surface area contributed by atoms with E-state index in [1.165, 1.54) is 27.8 Å². The minimum absolute atomic E-state index is 0.0594. The average molecular weight is 425 g/mol. The molecular weight excluding hydrogens is 396 g/mol. The van der Waals surface area contributed by atoms with Crippen molar-refractivity contribution in [3.05, 3.63) is 89.0 Å². The van der Waals surface area contributed by atoms with Gasteiger partial charge in [0.05, 0.1) is 0 Å². The summed E-state index contributed by atoms with van der Waals surface area (Å²) < 4.78 is 5.55. The molecule has 0 unspecified atom stereocenters. The molecule has 0 atom stereocenters.